The third kappa shape index (κ3) is 2.52. The minimum Gasteiger partial charge on any atom is -0.282 e. The van der Waals surface area contributed by atoms with Gasteiger partial charge in [0.1, 0.15) is 9.25 Å². The Bertz CT molecular complexity index is 462. The van der Waals surface area contributed by atoms with Crippen LogP contribution in [0.4, 0.5) is 0 Å². The summed E-state index contributed by atoms with van der Waals surface area (Å²) in [5.41, 5.74) is 0. The summed E-state index contributed by atoms with van der Waals surface area (Å²) in [5, 5.41) is 0. The van der Waals surface area contributed by atoms with Gasteiger partial charge in [0.05, 0.1) is 0 Å². The molecule has 0 aliphatic heterocycles. The lowest BCUT2D eigenvalue weighted by atomic mass is 10.7. The number of hydrogen-bond donors (Lipinski definition) is 2. The fourth-order valence-corrected chi connectivity index (χ4v) is 3.60. The Kier molecular flexibility index (Phi) is 2.52. The van der Waals surface area contributed by atoms with Gasteiger partial charge in [-0.05, 0) is 12.1 Å². The summed E-state index contributed by atoms with van der Waals surface area (Å²) < 4.78 is 58.1. The Labute approximate surface area is 76.2 Å². The van der Waals surface area contributed by atoms with Crippen LogP contribution in [0.15, 0.2) is 21.4 Å². The van der Waals surface area contributed by atoms with Crippen LogP contribution in [0.5, 0.6) is 0 Å². The lowest BCUT2D eigenvalue weighted by molar-refractivity contribution is 0.483. The highest BCUT2D eigenvalue weighted by atomic mass is 32.2. The van der Waals surface area contributed by atoms with Crippen LogP contribution in [0, 0.1) is 0 Å². The van der Waals surface area contributed by atoms with Crippen molar-refractivity contribution in [3.8, 4) is 0 Å². The molecule has 1 heterocycles. The molecule has 0 aliphatic carbocycles. The Balaban J connectivity index is 3.32. The highest BCUT2D eigenvalue weighted by Crippen LogP contribution is 2.29. The molecule has 1 rings (SSSR count). The fraction of sp³-hybridized carbons (Fsp3) is 0. The standard InChI is InChI=1S/C4H5O6PS2/c5-12(6,7)3-1-2-4(11-3)13(8,9)10/h1-2,11H,(H,5,6,7)(H,8,9,10). The van der Waals surface area contributed by atoms with Crippen LogP contribution < -0.4 is 0 Å². The van der Waals surface area contributed by atoms with Crippen molar-refractivity contribution in [3.05, 3.63) is 12.1 Å². The molecule has 6 nitrogen and oxygen atoms in total. The summed E-state index contributed by atoms with van der Waals surface area (Å²) in [6.45, 7) is 0. The first-order valence-electron chi connectivity index (χ1n) is 2.85. The van der Waals surface area contributed by atoms with Gasteiger partial charge in [-0.25, -0.2) is 0 Å². The zero-order valence-corrected chi connectivity index (χ0v) is 8.63. The zero-order valence-electron chi connectivity index (χ0n) is 6.00. The van der Waals surface area contributed by atoms with Gasteiger partial charge in [0.15, 0.2) is 0 Å². The first-order chi connectivity index (χ1) is 5.71. The lowest BCUT2D eigenvalue weighted by Crippen LogP contribution is -1.94. The molecule has 0 aromatic carbocycles. The van der Waals surface area contributed by atoms with E-state index in [0.29, 0.717) is 0 Å². The maximum absolute atomic E-state index is 10.5. The SMILES string of the molecule is O=S(=O)(O)c1ccc(S(=O)(=O)O)[pH]1. The van der Waals surface area contributed by atoms with Gasteiger partial charge >= 0.3 is 0 Å². The molecular weight excluding hydrogens is 239 g/mol. The normalized spacial score (nSPS) is 13.1. The average molecular weight is 244 g/mol. The summed E-state index contributed by atoms with van der Waals surface area (Å²) in [7, 11) is -9.46. The molecule has 0 saturated carbocycles. The average Bonchev–Trinajstić information content (AvgIpc) is 2.28. The van der Waals surface area contributed by atoms with E-state index in [-0.39, 0.29) is 0 Å². The van der Waals surface area contributed by atoms with Gasteiger partial charge in [-0.2, -0.15) is 16.8 Å². The fourth-order valence-electron chi connectivity index (χ4n) is 0.657. The van der Waals surface area contributed by atoms with E-state index in [1.54, 1.807) is 0 Å². The largest absolute Gasteiger partial charge is 0.298 e. The van der Waals surface area contributed by atoms with Gasteiger partial charge in [-0.15, -0.1) is 0 Å². The number of hydrogen-bond acceptors (Lipinski definition) is 4. The second-order valence-electron chi connectivity index (χ2n) is 2.14. The van der Waals surface area contributed by atoms with Gasteiger partial charge in [0, 0.05) is 0 Å². The summed E-state index contributed by atoms with van der Waals surface area (Å²) >= 11 is 0. The van der Waals surface area contributed by atoms with Crippen molar-refractivity contribution in [2.45, 2.75) is 9.25 Å². The molecule has 0 fully saturated rings. The third-order valence-electron chi connectivity index (χ3n) is 1.19. The first-order valence-corrected chi connectivity index (χ1v) is 6.73. The van der Waals surface area contributed by atoms with E-state index in [0.717, 1.165) is 12.1 Å². The van der Waals surface area contributed by atoms with Crippen molar-refractivity contribution in [1.82, 2.24) is 0 Å². The molecule has 0 radical (unpaired) electrons. The second kappa shape index (κ2) is 3.07. The molecule has 0 amide bonds. The molecule has 1 aromatic rings. The summed E-state index contributed by atoms with van der Waals surface area (Å²) in [4.78, 5) is 0. The van der Waals surface area contributed by atoms with Crippen molar-refractivity contribution < 1.29 is 25.9 Å². The van der Waals surface area contributed by atoms with E-state index in [1.165, 1.54) is 0 Å². The topological polar surface area (TPSA) is 109 Å². The van der Waals surface area contributed by atoms with Crippen LogP contribution in [0.3, 0.4) is 0 Å². The molecule has 0 aliphatic rings. The third-order valence-corrected chi connectivity index (χ3v) is 5.56. The molecule has 0 saturated heterocycles. The molecule has 2 N–H and O–H groups in total. The van der Waals surface area contributed by atoms with E-state index in [2.05, 4.69) is 0 Å². The van der Waals surface area contributed by atoms with E-state index < -0.39 is 37.7 Å². The van der Waals surface area contributed by atoms with Gasteiger partial charge in [-0.1, -0.05) is 8.19 Å². The quantitative estimate of drug-likeness (QED) is 0.720. The van der Waals surface area contributed by atoms with Gasteiger partial charge in [0.25, 0.3) is 20.2 Å². The molecule has 0 bridgehead atoms. The Hall–Kier alpha value is -0.400. The predicted molar refractivity (Wildman–Crippen MR) is 45.6 cm³/mol. The maximum atomic E-state index is 10.5. The molecule has 74 valence electrons. The second-order valence-corrected chi connectivity index (χ2v) is 6.97. The van der Waals surface area contributed by atoms with Gasteiger partial charge in [0.2, 0.25) is 0 Å². The van der Waals surface area contributed by atoms with Crippen LogP contribution in [0.1, 0.15) is 0 Å². The van der Waals surface area contributed by atoms with Crippen molar-refractivity contribution >= 4 is 28.4 Å². The molecule has 13 heavy (non-hydrogen) atoms. The van der Waals surface area contributed by atoms with Gasteiger partial charge < -0.3 is 0 Å². The maximum Gasteiger partial charge on any atom is 0.298 e. The first kappa shape index (κ1) is 10.7. The van der Waals surface area contributed by atoms with Crippen molar-refractivity contribution in [1.29, 1.82) is 0 Å². The minimum atomic E-state index is -4.35. The van der Waals surface area contributed by atoms with Crippen LogP contribution in [-0.4, -0.2) is 25.9 Å². The number of rotatable bonds is 2. The van der Waals surface area contributed by atoms with Crippen LogP contribution >= 0.6 is 8.19 Å². The smallest absolute Gasteiger partial charge is 0.282 e. The van der Waals surface area contributed by atoms with E-state index in [1.807, 2.05) is 0 Å². The minimum absolute atomic E-state index is 0.417. The Morgan fingerprint density at radius 3 is 1.38 bits per heavy atom. The molecule has 0 atom stereocenters. The van der Waals surface area contributed by atoms with Crippen LogP contribution in [-0.2, 0) is 20.2 Å². The summed E-state index contributed by atoms with van der Waals surface area (Å²) in [6.07, 6.45) is 0. The van der Waals surface area contributed by atoms with Crippen LogP contribution in [0.2, 0.25) is 0 Å². The molecule has 1 aromatic heterocycles. The van der Waals surface area contributed by atoms with Gasteiger partial charge in [-0.3, -0.25) is 9.11 Å². The summed E-state index contributed by atoms with van der Waals surface area (Å²) in [5.74, 6) is 0. The van der Waals surface area contributed by atoms with Crippen molar-refractivity contribution in [2.75, 3.05) is 0 Å². The predicted octanol–water partition coefficient (Wildman–Crippen LogP) is 0.211. The highest BCUT2D eigenvalue weighted by molar-refractivity contribution is 7.92. The molecular formula is C4H5O6PS2. The zero-order chi connectivity index (χ0) is 10.3. The van der Waals surface area contributed by atoms with E-state index in [9.17, 15) is 16.8 Å². The van der Waals surface area contributed by atoms with Crippen LogP contribution in [0.25, 0.3) is 0 Å². The summed E-state index contributed by atoms with van der Waals surface area (Å²) in [6, 6.07) is 1.88. The monoisotopic (exact) mass is 244 g/mol. The van der Waals surface area contributed by atoms with Crippen molar-refractivity contribution in [3.63, 3.8) is 0 Å². The molecule has 0 unspecified atom stereocenters. The molecule has 9 heteroatoms. The highest BCUT2D eigenvalue weighted by Gasteiger charge is 2.17. The van der Waals surface area contributed by atoms with E-state index >= 15 is 0 Å². The Morgan fingerprint density at radius 1 is 0.923 bits per heavy atom. The molecule has 0 spiro atoms. The lowest BCUT2D eigenvalue weighted by Gasteiger charge is -1.89. The van der Waals surface area contributed by atoms with Crippen molar-refractivity contribution in [2.24, 2.45) is 0 Å². The Morgan fingerprint density at radius 2 is 1.23 bits per heavy atom. The van der Waals surface area contributed by atoms with E-state index in [4.69, 9.17) is 9.11 Å².